The van der Waals surface area contributed by atoms with E-state index in [1.807, 2.05) is 36.4 Å². The van der Waals surface area contributed by atoms with Crippen LogP contribution in [0.4, 0.5) is 0 Å². The minimum atomic E-state index is 0.660. The van der Waals surface area contributed by atoms with Gasteiger partial charge in [-0.3, -0.25) is 0 Å². The second-order valence-electron chi connectivity index (χ2n) is 10.2. The van der Waals surface area contributed by atoms with Crippen LogP contribution in [-0.2, 0) is 0 Å². The van der Waals surface area contributed by atoms with E-state index in [1.165, 1.54) is 33.4 Å². The van der Waals surface area contributed by atoms with Gasteiger partial charge < -0.3 is 0 Å². The van der Waals surface area contributed by atoms with Crippen molar-refractivity contribution in [2.75, 3.05) is 0 Å². The smallest absolute Gasteiger partial charge is 0.163 e. The van der Waals surface area contributed by atoms with Crippen LogP contribution in [0, 0.1) is 0 Å². The van der Waals surface area contributed by atoms with Crippen LogP contribution < -0.4 is 0 Å². The molecule has 7 aromatic rings. The Kier molecular flexibility index (Phi) is 6.89. The average Bonchev–Trinajstić information content (AvgIpc) is 3.09. The fourth-order valence-electron chi connectivity index (χ4n) is 5.27. The molecule has 0 aliphatic carbocycles. The zero-order chi connectivity index (χ0) is 28.1. The lowest BCUT2D eigenvalue weighted by Gasteiger charge is -2.10. The average molecular weight is 538 g/mol. The van der Waals surface area contributed by atoms with E-state index in [1.54, 1.807) is 6.33 Å². The van der Waals surface area contributed by atoms with Crippen LogP contribution in [0.3, 0.4) is 0 Å². The number of hydrogen-bond acceptors (Lipinski definition) is 3. The monoisotopic (exact) mass is 537 g/mol. The van der Waals surface area contributed by atoms with Gasteiger partial charge in [0, 0.05) is 11.1 Å². The molecule has 0 aliphatic heterocycles. The van der Waals surface area contributed by atoms with Crippen LogP contribution in [0.25, 0.3) is 67.3 Å². The molecule has 7 rings (SSSR count). The maximum atomic E-state index is 4.75. The highest BCUT2D eigenvalue weighted by molar-refractivity contribution is 5.80. The number of benzene rings is 6. The quantitative estimate of drug-likeness (QED) is 0.212. The summed E-state index contributed by atoms with van der Waals surface area (Å²) in [5.74, 6) is 1.33. The van der Waals surface area contributed by atoms with Crippen molar-refractivity contribution in [1.82, 2.24) is 15.0 Å². The van der Waals surface area contributed by atoms with Gasteiger partial charge in [-0.2, -0.15) is 0 Å². The summed E-state index contributed by atoms with van der Waals surface area (Å²) in [5, 5.41) is 0. The standard InChI is InChI=1S/C39H27N3/c1-3-11-28(12-4-1)30-15-7-16-31(23-30)32-17-8-18-33(24-32)34-19-9-20-35(25-34)36-21-10-22-37(26-36)39-41-27-40-38(42-39)29-13-5-2-6-14-29/h1-27H. The lowest BCUT2D eigenvalue weighted by molar-refractivity contribution is 1.07. The fraction of sp³-hybridized carbons (Fsp3) is 0. The SMILES string of the molecule is c1ccc(-c2cccc(-c3cccc(-c4cccc(-c5cccc(-c6ncnc(-c7ccccc7)n6)c5)c4)c3)c2)cc1. The lowest BCUT2D eigenvalue weighted by Crippen LogP contribution is -1.95. The summed E-state index contributed by atoms with van der Waals surface area (Å²) in [7, 11) is 0. The summed E-state index contributed by atoms with van der Waals surface area (Å²) in [6, 6.07) is 55.1. The highest BCUT2D eigenvalue weighted by atomic mass is 15.0. The zero-order valence-electron chi connectivity index (χ0n) is 22.9. The highest BCUT2D eigenvalue weighted by Gasteiger charge is 2.09. The Morgan fingerprint density at radius 3 is 1.02 bits per heavy atom. The Balaban J connectivity index is 1.19. The highest BCUT2D eigenvalue weighted by Crippen LogP contribution is 2.32. The summed E-state index contributed by atoms with van der Waals surface area (Å²) in [5.41, 5.74) is 11.4. The van der Waals surface area contributed by atoms with Gasteiger partial charge in [-0.05, 0) is 68.8 Å². The third-order valence-corrected chi connectivity index (χ3v) is 7.42. The molecule has 0 radical (unpaired) electrons. The van der Waals surface area contributed by atoms with E-state index in [4.69, 9.17) is 4.98 Å². The molecular weight excluding hydrogens is 510 g/mol. The van der Waals surface area contributed by atoms with Crippen LogP contribution in [0.5, 0.6) is 0 Å². The molecule has 1 aromatic heterocycles. The van der Waals surface area contributed by atoms with Crippen molar-refractivity contribution in [3.63, 3.8) is 0 Å². The van der Waals surface area contributed by atoms with E-state index in [0.29, 0.717) is 11.6 Å². The number of hydrogen-bond donors (Lipinski definition) is 0. The van der Waals surface area contributed by atoms with Crippen LogP contribution in [0.15, 0.2) is 164 Å². The molecular formula is C39H27N3. The molecule has 0 aliphatic rings. The second-order valence-corrected chi connectivity index (χ2v) is 10.2. The molecule has 0 fully saturated rings. The normalized spacial score (nSPS) is 10.9. The Morgan fingerprint density at radius 1 is 0.262 bits per heavy atom. The number of aromatic nitrogens is 3. The third-order valence-electron chi connectivity index (χ3n) is 7.42. The van der Waals surface area contributed by atoms with E-state index in [0.717, 1.165) is 22.3 Å². The van der Waals surface area contributed by atoms with Gasteiger partial charge in [0.2, 0.25) is 0 Å². The topological polar surface area (TPSA) is 38.7 Å². The minimum absolute atomic E-state index is 0.660. The first-order chi connectivity index (χ1) is 20.8. The number of nitrogens with zero attached hydrogens (tertiary/aromatic N) is 3. The van der Waals surface area contributed by atoms with Crippen LogP contribution in [0.1, 0.15) is 0 Å². The van der Waals surface area contributed by atoms with Crippen molar-refractivity contribution in [3.05, 3.63) is 164 Å². The molecule has 198 valence electrons. The minimum Gasteiger partial charge on any atom is -0.217 e. The molecule has 0 unspecified atom stereocenters. The van der Waals surface area contributed by atoms with E-state index < -0.39 is 0 Å². The zero-order valence-corrected chi connectivity index (χ0v) is 22.9. The van der Waals surface area contributed by atoms with Gasteiger partial charge in [-0.15, -0.1) is 0 Å². The Labute approximate surface area is 245 Å². The van der Waals surface area contributed by atoms with Gasteiger partial charge in [0.05, 0.1) is 0 Å². The molecule has 1 heterocycles. The first kappa shape index (κ1) is 25.3. The van der Waals surface area contributed by atoms with Crippen molar-refractivity contribution in [2.45, 2.75) is 0 Å². The molecule has 42 heavy (non-hydrogen) atoms. The molecule has 0 saturated heterocycles. The van der Waals surface area contributed by atoms with E-state index in [2.05, 4.69) is 131 Å². The van der Waals surface area contributed by atoms with Crippen LogP contribution in [0.2, 0.25) is 0 Å². The maximum absolute atomic E-state index is 4.75. The summed E-state index contributed by atoms with van der Waals surface area (Å²) >= 11 is 0. The Bertz CT molecular complexity index is 1840. The first-order valence-electron chi connectivity index (χ1n) is 14.0. The molecule has 0 N–H and O–H groups in total. The maximum Gasteiger partial charge on any atom is 0.163 e. The van der Waals surface area contributed by atoms with Gasteiger partial charge in [0.1, 0.15) is 6.33 Å². The first-order valence-corrected chi connectivity index (χ1v) is 14.0. The van der Waals surface area contributed by atoms with Gasteiger partial charge in [-0.25, -0.2) is 15.0 Å². The third kappa shape index (κ3) is 5.36. The van der Waals surface area contributed by atoms with Crippen molar-refractivity contribution in [3.8, 4) is 67.3 Å². The fourth-order valence-corrected chi connectivity index (χ4v) is 5.27. The molecule has 0 amide bonds. The largest absolute Gasteiger partial charge is 0.217 e. The van der Waals surface area contributed by atoms with Crippen molar-refractivity contribution < 1.29 is 0 Å². The predicted molar refractivity (Wildman–Crippen MR) is 172 cm³/mol. The number of rotatable bonds is 6. The van der Waals surface area contributed by atoms with Gasteiger partial charge in [0.25, 0.3) is 0 Å². The van der Waals surface area contributed by atoms with Crippen molar-refractivity contribution in [1.29, 1.82) is 0 Å². The van der Waals surface area contributed by atoms with E-state index in [9.17, 15) is 0 Å². The Morgan fingerprint density at radius 2 is 0.571 bits per heavy atom. The van der Waals surface area contributed by atoms with Gasteiger partial charge >= 0.3 is 0 Å². The van der Waals surface area contributed by atoms with Crippen molar-refractivity contribution >= 4 is 0 Å². The second kappa shape index (κ2) is 11.4. The van der Waals surface area contributed by atoms with Crippen molar-refractivity contribution in [2.24, 2.45) is 0 Å². The molecule has 0 bridgehead atoms. The molecule has 3 nitrogen and oxygen atoms in total. The van der Waals surface area contributed by atoms with E-state index in [-0.39, 0.29) is 0 Å². The summed E-state index contributed by atoms with van der Waals surface area (Å²) in [6.07, 6.45) is 1.58. The summed E-state index contributed by atoms with van der Waals surface area (Å²) in [6.45, 7) is 0. The molecule has 3 heteroatoms. The van der Waals surface area contributed by atoms with Gasteiger partial charge in [0.15, 0.2) is 11.6 Å². The lowest BCUT2D eigenvalue weighted by atomic mass is 9.94. The molecule has 0 atom stereocenters. The predicted octanol–water partition coefficient (Wildman–Crippen LogP) is 9.87. The summed E-state index contributed by atoms with van der Waals surface area (Å²) in [4.78, 5) is 13.6. The van der Waals surface area contributed by atoms with Crippen LogP contribution in [-0.4, -0.2) is 15.0 Å². The molecule has 0 saturated carbocycles. The van der Waals surface area contributed by atoms with E-state index >= 15 is 0 Å². The summed E-state index contributed by atoms with van der Waals surface area (Å²) < 4.78 is 0. The van der Waals surface area contributed by atoms with Gasteiger partial charge in [-0.1, -0.05) is 133 Å². The molecule has 6 aromatic carbocycles. The van der Waals surface area contributed by atoms with Crippen LogP contribution >= 0.6 is 0 Å². The molecule has 0 spiro atoms. The Hall–Kier alpha value is -5.67.